The molecule has 0 aliphatic rings. The van der Waals surface area contributed by atoms with Gasteiger partial charge in [0.25, 0.3) is 0 Å². The lowest BCUT2D eigenvalue weighted by molar-refractivity contribution is -0.153. The van der Waals surface area contributed by atoms with Crippen molar-refractivity contribution in [3.8, 4) is 0 Å². The minimum atomic E-state index is -0.918. The van der Waals surface area contributed by atoms with Gasteiger partial charge in [0.05, 0.1) is 13.2 Å². The summed E-state index contributed by atoms with van der Waals surface area (Å²) in [5, 5.41) is 0. The zero-order valence-electron chi connectivity index (χ0n) is 9.45. The Balaban J connectivity index is 3.70. The molecule has 0 amide bonds. The van der Waals surface area contributed by atoms with Crippen LogP contribution in [-0.2, 0) is 19.0 Å². The normalized spacial score (nSPS) is 11.7. The molecule has 0 aromatic heterocycles. The van der Waals surface area contributed by atoms with E-state index in [-0.39, 0.29) is 6.61 Å². The van der Waals surface area contributed by atoms with Crippen molar-refractivity contribution in [3.63, 3.8) is 0 Å². The van der Waals surface area contributed by atoms with Crippen molar-refractivity contribution in [2.75, 3.05) is 13.2 Å². The molecule has 1 unspecified atom stereocenters. The molecule has 0 bridgehead atoms. The summed E-state index contributed by atoms with van der Waals surface area (Å²) < 4.78 is 14.0. The van der Waals surface area contributed by atoms with Crippen molar-refractivity contribution in [1.82, 2.24) is 0 Å². The maximum Gasteiger partial charge on any atom is 0.509 e. The third kappa shape index (κ3) is 6.76. The minimum Gasteiger partial charge on any atom is -0.463 e. The number of hydrogen-bond acceptors (Lipinski definition) is 5. The average molecular weight is 218 g/mol. The van der Waals surface area contributed by atoms with Crippen molar-refractivity contribution in [2.24, 2.45) is 0 Å². The van der Waals surface area contributed by atoms with E-state index in [0.717, 1.165) is 12.8 Å². The molecule has 0 fully saturated rings. The van der Waals surface area contributed by atoms with Crippen molar-refractivity contribution >= 4 is 12.1 Å². The molecule has 0 saturated heterocycles. The molecule has 0 aromatic carbocycles. The van der Waals surface area contributed by atoms with E-state index in [9.17, 15) is 9.59 Å². The molecule has 0 rings (SSSR count). The molecule has 1 atom stereocenters. The van der Waals surface area contributed by atoms with Crippen molar-refractivity contribution in [1.29, 1.82) is 0 Å². The molecule has 0 heterocycles. The average Bonchev–Trinajstić information content (AvgIpc) is 2.18. The smallest absolute Gasteiger partial charge is 0.463 e. The van der Waals surface area contributed by atoms with Crippen molar-refractivity contribution in [3.05, 3.63) is 0 Å². The van der Waals surface area contributed by atoms with Crippen LogP contribution in [0, 0.1) is 0 Å². The van der Waals surface area contributed by atoms with Gasteiger partial charge in [0.15, 0.2) is 6.10 Å². The zero-order valence-corrected chi connectivity index (χ0v) is 9.45. The molecular weight excluding hydrogens is 200 g/mol. The van der Waals surface area contributed by atoms with Crippen LogP contribution in [0.15, 0.2) is 0 Å². The summed E-state index contributed by atoms with van der Waals surface area (Å²) in [6.45, 7) is 5.68. The highest BCUT2D eigenvalue weighted by molar-refractivity contribution is 5.76. The molecule has 0 aromatic rings. The molecule has 0 aliphatic carbocycles. The van der Waals surface area contributed by atoms with Crippen LogP contribution in [-0.4, -0.2) is 31.4 Å². The Hall–Kier alpha value is -1.26. The molecule has 5 nitrogen and oxygen atoms in total. The van der Waals surface area contributed by atoms with Gasteiger partial charge in [0.2, 0.25) is 0 Å². The fourth-order valence-electron chi connectivity index (χ4n) is 0.786. The molecule has 15 heavy (non-hydrogen) atoms. The first-order valence-electron chi connectivity index (χ1n) is 5.11. The van der Waals surface area contributed by atoms with E-state index in [2.05, 4.69) is 9.47 Å². The van der Waals surface area contributed by atoms with Gasteiger partial charge in [-0.2, -0.15) is 0 Å². The highest BCUT2D eigenvalue weighted by Crippen LogP contribution is 1.98. The van der Waals surface area contributed by atoms with E-state index in [1.165, 1.54) is 6.92 Å². The first kappa shape index (κ1) is 13.7. The van der Waals surface area contributed by atoms with Gasteiger partial charge in [0.1, 0.15) is 0 Å². The second-order valence-corrected chi connectivity index (χ2v) is 2.96. The highest BCUT2D eigenvalue weighted by atomic mass is 16.7. The SMILES string of the molecule is CCCCOC(=O)OC(C)C(=O)OCC. The number of rotatable bonds is 6. The quantitative estimate of drug-likeness (QED) is 0.503. The van der Waals surface area contributed by atoms with Crippen LogP contribution in [0.4, 0.5) is 4.79 Å². The summed E-state index contributed by atoms with van der Waals surface area (Å²) in [4.78, 5) is 22.0. The standard InChI is InChI=1S/C10H18O5/c1-4-6-7-14-10(12)15-8(3)9(11)13-5-2/h8H,4-7H2,1-3H3. The summed E-state index contributed by atoms with van der Waals surface area (Å²) >= 11 is 0. The molecule has 0 N–H and O–H groups in total. The molecule has 0 spiro atoms. The van der Waals surface area contributed by atoms with E-state index < -0.39 is 18.2 Å². The van der Waals surface area contributed by atoms with E-state index in [1.807, 2.05) is 6.92 Å². The Morgan fingerprint density at radius 3 is 2.40 bits per heavy atom. The summed E-state index contributed by atoms with van der Waals surface area (Å²) in [5.41, 5.74) is 0. The summed E-state index contributed by atoms with van der Waals surface area (Å²) in [6, 6.07) is 0. The number of carbonyl (C=O) groups excluding carboxylic acids is 2. The molecule has 5 heteroatoms. The van der Waals surface area contributed by atoms with E-state index in [4.69, 9.17) is 4.74 Å². The molecule has 0 saturated carbocycles. The van der Waals surface area contributed by atoms with Gasteiger partial charge in [-0.25, -0.2) is 9.59 Å². The van der Waals surface area contributed by atoms with Crippen LogP contribution >= 0.6 is 0 Å². The molecule has 88 valence electrons. The van der Waals surface area contributed by atoms with Gasteiger partial charge >= 0.3 is 12.1 Å². The second kappa shape index (κ2) is 8.08. The van der Waals surface area contributed by atoms with E-state index in [1.54, 1.807) is 6.92 Å². The second-order valence-electron chi connectivity index (χ2n) is 2.96. The first-order valence-corrected chi connectivity index (χ1v) is 5.11. The van der Waals surface area contributed by atoms with Gasteiger partial charge in [0, 0.05) is 0 Å². The topological polar surface area (TPSA) is 61.8 Å². The van der Waals surface area contributed by atoms with Crippen LogP contribution in [0.1, 0.15) is 33.6 Å². The summed E-state index contributed by atoms with van der Waals surface area (Å²) in [6.07, 6.45) is -0.0352. The lowest BCUT2D eigenvalue weighted by Gasteiger charge is -2.11. The first-order chi connectivity index (χ1) is 7.11. The predicted octanol–water partition coefficient (Wildman–Crippen LogP) is 1.89. The number of hydrogen-bond donors (Lipinski definition) is 0. The highest BCUT2D eigenvalue weighted by Gasteiger charge is 2.19. The maximum absolute atomic E-state index is 11.1. The molecular formula is C10H18O5. The van der Waals surface area contributed by atoms with Gasteiger partial charge in [-0.05, 0) is 20.3 Å². The Labute approximate surface area is 89.7 Å². The number of esters is 1. The van der Waals surface area contributed by atoms with Crippen molar-refractivity contribution < 1.29 is 23.8 Å². The minimum absolute atomic E-state index is 0.261. The third-order valence-electron chi connectivity index (χ3n) is 1.61. The largest absolute Gasteiger partial charge is 0.509 e. The fraction of sp³-hybridized carbons (Fsp3) is 0.800. The van der Waals surface area contributed by atoms with Gasteiger partial charge < -0.3 is 14.2 Å². The van der Waals surface area contributed by atoms with Crippen molar-refractivity contribution in [2.45, 2.75) is 39.7 Å². The van der Waals surface area contributed by atoms with Crippen LogP contribution < -0.4 is 0 Å². The summed E-state index contributed by atoms with van der Waals surface area (Å²) in [7, 11) is 0. The summed E-state index contributed by atoms with van der Waals surface area (Å²) in [5.74, 6) is -0.565. The fourth-order valence-corrected chi connectivity index (χ4v) is 0.786. The van der Waals surface area contributed by atoms with Gasteiger partial charge in [-0.15, -0.1) is 0 Å². The lowest BCUT2D eigenvalue weighted by Crippen LogP contribution is -2.26. The van der Waals surface area contributed by atoms with E-state index >= 15 is 0 Å². The molecule has 0 aliphatic heterocycles. The number of ether oxygens (including phenoxy) is 3. The number of unbranched alkanes of at least 4 members (excludes halogenated alkanes) is 1. The van der Waals surface area contributed by atoms with E-state index in [0.29, 0.717) is 6.61 Å². The molecule has 0 radical (unpaired) electrons. The van der Waals surface area contributed by atoms with Gasteiger partial charge in [-0.3, -0.25) is 0 Å². The van der Waals surface area contributed by atoms with Crippen LogP contribution in [0.3, 0.4) is 0 Å². The monoisotopic (exact) mass is 218 g/mol. The van der Waals surface area contributed by atoms with Crippen LogP contribution in [0.2, 0.25) is 0 Å². The van der Waals surface area contributed by atoms with Crippen LogP contribution in [0.5, 0.6) is 0 Å². The van der Waals surface area contributed by atoms with Crippen LogP contribution in [0.25, 0.3) is 0 Å². The Morgan fingerprint density at radius 2 is 1.87 bits per heavy atom. The van der Waals surface area contributed by atoms with Gasteiger partial charge in [-0.1, -0.05) is 13.3 Å². The third-order valence-corrected chi connectivity index (χ3v) is 1.61. The number of carbonyl (C=O) groups is 2. The Morgan fingerprint density at radius 1 is 1.20 bits per heavy atom. The Kier molecular flexibility index (Phi) is 7.40. The predicted molar refractivity (Wildman–Crippen MR) is 53.4 cm³/mol. The zero-order chi connectivity index (χ0) is 11.7. The Bertz CT molecular complexity index is 202. The lowest BCUT2D eigenvalue weighted by atomic mass is 10.4. The maximum atomic E-state index is 11.1.